The molecule has 2 heterocycles. The van der Waals surface area contributed by atoms with Gasteiger partial charge < -0.3 is 21.5 Å². The summed E-state index contributed by atoms with van der Waals surface area (Å²) in [5.41, 5.74) is 12.4. The van der Waals surface area contributed by atoms with E-state index in [1.54, 1.807) is 24.3 Å². The summed E-state index contributed by atoms with van der Waals surface area (Å²) in [6.07, 6.45) is -2.64. The van der Waals surface area contributed by atoms with Gasteiger partial charge in [0.15, 0.2) is 5.82 Å². The first-order valence-electron chi connectivity index (χ1n) is 10.4. The summed E-state index contributed by atoms with van der Waals surface area (Å²) in [6.45, 7) is 1.74. The normalized spacial score (nSPS) is 13.8. The summed E-state index contributed by atoms with van der Waals surface area (Å²) in [5, 5.41) is 2.80. The maximum absolute atomic E-state index is 12.9. The third-order valence-corrected chi connectivity index (χ3v) is 5.35. The van der Waals surface area contributed by atoms with Crippen molar-refractivity contribution in [3.05, 3.63) is 77.0 Å². The SMILES string of the molecule is CC(Nc1cc(C(N)=O)nc(-c2ccc3c(c2)OCC=C3c2ccc(C(F)(F)F)cc2)n1)C(N)=O. The molecule has 5 N–H and O–H groups in total. The average Bonchev–Trinajstić information content (AvgIpc) is 2.82. The van der Waals surface area contributed by atoms with Gasteiger partial charge in [0.2, 0.25) is 5.91 Å². The van der Waals surface area contributed by atoms with Crippen LogP contribution in [0.25, 0.3) is 17.0 Å². The maximum Gasteiger partial charge on any atom is 0.416 e. The predicted octanol–water partition coefficient (Wildman–Crippen LogP) is 3.37. The van der Waals surface area contributed by atoms with E-state index < -0.39 is 29.6 Å². The van der Waals surface area contributed by atoms with Crippen LogP contribution in [-0.4, -0.2) is 34.4 Å². The van der Waals surface area contributed by atoms with Crippen molar-refractivity contribution >= 4 is 23.2 Å². The second-order valence-corrected chi connectivity index (χ2v) is 7.81. The number of carbonyl (C=O) groups excluding carboxylic acids is 2. The highest BCUT2D eigenvalue weighted by molar-refractivity contribution is 5.92. The molecule has 2 amide bonds. The van der Waals surface area contributed by atoms with Gasteiger partial charge in [0.05, 0.1) is 5.56 Å². The number of anilines is 1. The van der Waals surface area contributed by atoms with Gasteiger partial charge in [-0.2, -0.15) is 13.2 Å². The van der Waals surface area contributed by atoms with Gasteiger partial charge in [-0.15, -0.1) is 0 Å². The summed E-state index contributed by atoms with van der Waals surface area (Å²) in [7, 11) is 0. The molecular formula is C24H20F3N5O3. The van der Waals surface area contributed by atoms with Crippen LogP contribution in [0.15, 0.2) is 54.6 Å². The van der Waals surface area contributed by atoms with Crippen LogP contribution in [0, 0.1) is 0 Å². The molecule has 0 radical (unpaired) electrons. The molecule has 2 aromatic carbocycles. The molecule has 35 heavy (non-hydrogen) atoms. The zero-order chi connectivity index (χ0) is 25.3. The maximum atomic E-state index is 12.9. The van der Waals surface area contributed by atoms with Crippen molar-refractivity contribution < 1.29 is 27.5 Å². The Labute approximate surface area is 197 Å². The van der Waals surface area contributed by atoms with Crippen molar-refractivity contribution in [1.29, 1.82) is 0 Å². The van der Waals surface area contributed by atoms with Crippen molar-refractivity contribution in [1.82, 2.24) is 9.97 Å². The molecule has 1 aliphatic rings. The van der Waals surface area contributed by atoms with Crippen molar-refractivity contribution in [3.8, 4) is 17.1 Å². The number of alkyl halides is 3. The number of nitrogens with zero attached hydrogens (tertiary/aromatic N) is 2. The van der Waals surface area contributed by atoms with Gasteiger partial charge >= 0.3 is 6.18 Å². The predicted molar refractivity (Wildman–Crippen MR) is 122 cm³/mol. The Hall–Kier alpha value is -4.41. The Morgan fingerprint density at radius 1 is 1.03 bits per heavy atom. The smallest absolute Gasteiger partial charge is 0.416 e. The van der Waals surface area contributed by atoms with Gasteiger partial charge in [0.25, 0.3) is 5.91 Å². The first-order valence-corrected chi connectivity index (χ1v) is 10.4. The van der Waals surface area contributed by atoms with E-state index in [1.165, 1.54) is 25.1 Å². The molecule has 0 fully saturated rings. The minimum absolute atomic E-state index is 0.0712. The summed E-state index contributed by atoms with van der Waals surface area (Å²) < 4.78 is 44.5. The first kappa shape index (κ1) is 23.7. The number of hydrogen-bond donors (Lipinski definition) is 3. The molecular weight excluding hydrogens is 463 g/mol. The molecule has 11 heteroatoms. The Morgan fingerprint density at radius 2 is 1.71 bits per heavy atom. The zero-order valence-electron chi connectivity index (χ0n) is 18.4. The van der Waals surface area contributed by atoms with E-state index in [-0.39, 0.29) is 23.9 Å². The van der Waals surface area contributed by atoms with E-state index in [0.717, 1.165) is 17.7 Å². The van der Waals surface area contributed by atoms with Crippen LogP contribution in [0.5, 0.6) is 5.75 Å². The number of nitrogens with one attached hydrogen (secondary N) is 1. The molecule has 1 unspecified atom stereocenters. The van der Waals surface area contributed by atoms with Crippen LogP contribution in [0.4, 0.5) is 19.0 Å². The standard InChI is InChI=1S/C24H20F3N5O3/c1-12(21(28)33)30-20-11-18(22(29)34)31-23(32-20)14-4-7-17-16(8-9-35-19(17)10-14)13-2-5-15(6-3-13)24(25,26)27/h2-8,10-12H,9H2,1H3,(H2,28,33)(H2,29,34)(H,30,31,32). The number of ether oxygens (including phenoxy) is 1. The van der Waals surface area contributed by atoms with Gasteiger partial charge in [0.1, 0.15) is 29.9 Å². The number of nitrogens with two attached hydrogens (primary N) is 2. The highest BCUT2D eigenvalue weighted by Crippen LogP contribution is 2.38. The zero-order valence-corrected chi connectivity index (χ0v) is 18.4. The van der Waals surface area contributed by atoms with Crippen molar-refractivity contribution in [2.24, 2.45) is 11.5 Å². The highest BCUT2D eigenvalue weighted by Gasteiger charge is 2.30. The lowest BCUT2D eigenvalue weighted by Crippen LogP contribution is -2.33. The molecule has 0 aliphatic carbocycles. The van der Waals surface area contributed by atoms with E-state index >= 15 is 0 Å². The van der Waals surface area contributed by atoms with E-state index in [1.807, 2.05) is 0 Å². The van der Waals surface area contributed by atoms with Crippen molar-refractivity contribution in [2.75, 3.05) is 11.9 Å². The van der Waals surface area contributed by atoms with Crippen molar-refractivity contribution in [2.45, 2.75) is 19.1 Å². The van der Waals surface area contributed by atoms with Gasteiger partial charge in [-0.05, 0) is 48.4 Å². The molecule has 1 aliphatic heterocycles. The molecule has 1 aromatic heterocycles. The number of halogens is 3. The van der Waals surface area contributed by atoms with Crippen LogP contribution in [-0.2, 0) is 11.0 Å². The fourth-order valence-corrected chi connectivity index (χ4v) is 3.51. The van der Waals surface area contributed by atoms with Crippen LogP contribution < -0.4 is 21.5 Å². The first-order chi connectivity index (χ1) is 16.5. The summed E-state index contributed by atoms with van der Waals surface area (Å²) >= 11 is 0. The minimum Gasteiger partial charge on any atom is -0.489 e. The Kier molecular flexibility index (Phi) is 6.16. The number of rotatable bonds is 6. The summed E-state index contributed by atoms with van der Waals surface area (Å²) in [4.78, 5) is 31.7. The molecule has 8 nitrogen and oxygen atoms in total. The van der Waals surface area contributed by atoms with Crippen molar-refractivity contribution in [3.63, 3.8) is 0 Å². The molecule has 4 rings (SSSR count). The number of benzene rings is 2. The fraction of sp³-hybridized carbons (Fsp3) is 0.167. The second-order valence-electron chi connectivity index (χ2n) is 7.81. The quantitative estimate of drug-likeness (QED) is 0.492. The molecule has 0 saturated carbocycles. The van der Waals surface area contributed by atoms with Crippen LogP contribution in [0.2, 0.25) is 0 Å². The van der Waals surface area contributed by atoms with E-state index in [2.05, 4.69) is 15.3 Å². The van der Waals surface area contributed by atoms with E-state index in [0.29, 0.717) is 22.4 Å². The molecule has 0 saturated heterocycles. The van der Waals surface area contributed by atoms with E-state index in [4.69, 9.17) is 16.2 Å². The monoisotopic (exact) mass is 483 g/mol. The molecule has 0 bridgehead atoms. The number of amides is 2. The van der Waals surface area contributed by atoms with Gasteiger partial charge in [-0.25, -0.2) is 9.97 Å². The second kappa shape index (κ2) is 9.09. The lowest BCUT2D eigenvalue weighted by atomic mass is 9.93. The lowest BCUT2D eigenvalue weighted by Gasteiger charge is -2.20. The number of hydrogen-bond acceptors (Lipinski definition) is 6. The largest absolute Gasteiger partial charge is 0.489 e. The Morgan fingerprint density at radius 3 is 2.34 bits per heavy atom. The number of aromatic nitrogens is 2. The molecule has 1 atom stereocenters. The molecule has 180 valence electrons. The minimum atomic E-state index is -4.42. The van der Waals surface area contributed by atoms with Gasteiger partial charge in [-0.1, -0.05) is 18.2 Å². The van der Waals surface area contributed by atoms with Gasteiger partial charge in [0, 0.05) is 17.2 Å². The van der Waals surface area contributed by atoms with E-state index in [9.17, 15) is 22.8 Å². The fourth-order valence-electron chi connectivity index (χ4n) is 3.51. The lowest BCUT2D eigenvalue weighted by molar-refractivity contribution is -0.137. The number of primary amides is 2. The third kappa shape index (κ3) is 5.08. The van der Waals surface area contributed by atoms with Crippen LogP contribution in [0.3, 0.4) is 0 Å². The third-order valence-electron chi connectivity index (χ3n) is 5.35. The average molecular weight is 483 g/mol. The molecule has 3 aromatic rings. The Bertz CT molecular complexity index is 1340. The summed E-state index contributed by atoms with van der Waals surface area (Å²) in [6, 6.07) is 10.5. The highest BCUT2D eigenvalue weighted by atomic mass is 19.4. The topological polar surface area (TPSA) is 133 Å². The van der Waals surface area contributed by atoms with Crippen LogP contribution in [0.1, 0.15) is 34.1 Å². The Balaban J connectivity index is 1.70. The van der Waals surface area contributed by atoms with Gasteiger partial charge in [-0.3, -0.25) is 9.59 Å². The number of carbonyl (C=O) groups is 2. The summed E-state index contributed by atoms with van der Waals surface area (Å²) in [5.74, 6) is -0.606. The van der Waals surface area contributed by atoms with Crippen LogP contribution >= 0.6 is 0 Å². The number of fused-ring (bicyclic) bond motifs is 1. The molecule has 0 spiro atoms.